The number of piperidine rings is 1. The minimum Gasteiger partial charge on any atom is -0.322 e. The number of nitrogens with one attached hydrogen (secondary N) is 1. The van der Waals surface area contributed by atoms with E-state index in [4.69, 9.17) is 0 Å². The first-order valence-corrected chi connectivity index (χ1v) is 6.80. The lowest BCUT2D eigenvalue weighted by molar-refractivity contribution is -0.142. The number of carbonyl (C=O) groups is 3. The Morgan fingerprint density at radius 2 is 2.10 bits per heavy atom. The van der Waals surface area contributed by atoms with Crippen molar-refractivity contribution in [1.82, 2.24) is 10.2 Å². The third kappa shape index (κ3) is 2.09. The number of rotatable bonds is 1. The van der Waals surface area contributed by atoms with Crippen LogP contribution < -0.4 is 5.32 Å². The molecule has 2 saturated heterocycles. The summed E-state index contributed by atoms with van der Waals surface area (Å²) in [7, 11) is 0. The van der Waals surface area contributed by atoms with Crippen LogP contribution in [0.4, 0.5) is 0 Å². The number of amides is 3. The van der Waals surface area contributed by atoms with Gasteiger partial charge >= 0.3 is 0 Å². The summed E-state index contributed by atoms with van der Waals surface area (Å²) in [5, 5.41) is 2.30. The van der Waals surface area contributed by atoms with Crippen molar-refractivity contribution >= 4 is 17.7 Å². The van der Waals surface area contributed by atoms with E-state index in [1.807, 2.05) is 18.2 Å². The molecule has 0 saturated carbocycles. The van der Waals surface area contributed by atoms with Crippen LogP contribution in [0, 0.1) is 5.92 Å². The molecule has 2 fully saturated rings. The molecule has 1 N–H and O–H groups in total. The van der Waals surface area contributed by atoms with E-state index in [-0.39, 0.29) is 30.1 Å². The van der Waals surface area contributed by atoms with E-state index >= 15 is 0 Å². The smallest absolute Gasteiger partial charge is 0.255 e. The van der Waals surface area contributed by atoms with E-state index in [2.05, 4.69) is 18.3 Å². The lowest BCUT2D eigenvalue weighted by Crippen LogP contribution is -2.52. The van der Waals surface area contributed by atoms with Gasteiger partial charge in [-0.25, -0.2) is 0 Å². The average Bonchev–Trinajstić information content (AvgIpc) is 2.57. The van der Waals surface area contributed by atoms with Crippen molar-refractivity contribution in [3.8, 4) is 0 Å². The summed E-state index contributed by atoms with van der Waals surface area (Å²) < 4.78 is 0. The molecule has 3 rings (SSSR count). The van der Waals surface area contributed by atoms with Crippen LogP contribution >= 0.6 is 0 Å². The lowest BCUT2D eigenvalue weighted by Gasteiger charge is -2.29. The molecule has 104 valence electrons. The molecule has 20 heavy (non-hydrogen) atoms. The standard InChI is InChI=1S/C15H16N2O3/c1-9-3-2-4-11-10(7-9)8-17(15(11)20)12-5-6-13(18)16-14(12)19/h2-4,7,9,12H,5-6,8H2,1H3,(H,16,18,19). The second kappa shape index (κ2) is 4.74. The van der Waals surface area contributed by atoms with Crippen molar-refractivity contribution in [3.05, 3.63) is 35.5 Å². The maximum Gasteiger partial charge on any atom is 0.255 e. The lowest BCUT2D eigenvalue weighted by atomic mass is 10.0. The van der Waals surface area contributed by atoms with Gasteiger partial charge in [-0.1, -0.05) is 25.2 Å². The summed E-state index contributed by atoms with van der Waals surface area (Å²) in [6, 6.07) is -0.534. The summed E-state index contributed by atoms with van der Waals surface area (Å²) >= 11 is 0. The molecule has 2 atom stereocenters. The van der Waals surface area contributed by atoms with Crippen molar-refractivity contribution < 1.29 is 14.4 Å². The zero-order chi connectivity index (χ0) is 14.3. The molecule has 2 aliphatic heterocycles. The molecular formula is C15H16N2O3. The monoisotopic (exact) mass is 272 g/mol. The molecule has 3 amide bonds. The summed E-state index contributed by atoms with van der Waals surface area (Å²) in [6.07, 6.45) is 8.47. The van der Waals surface area contributed by atoms with Crippen LogP contribution in [0.2, 0.25) is 0 Å². The number of carbonyl (C=O) groups excluding carboxylic acids is 3. The highest BCUT2D eigenvalue weighted by Gasteiger charge is 2.40. The SMILES string of the molecule is CC1C=CC=C2C(=O)N(C3CCC(=O)NC3=O)CC2=C1. The zero-order valence-corrected chi connectivity index (χ0v) is 11.3. The van der Waals surface area contributed by atoms with Crippen LogP contribution in [0.15, 0.2) is 35.5 Å². The highest BCUT2D eigenvalue weighted by molar-refractivity contribution is 6.07. The fourth-order valence-corrected chi connectivity index (χ4v) is 2.88. The molecule has 0 aromatic heterocycles. The Kier molecular flexibility index (Phi) is 3.04. The molecule has 1 aliphatic carbocycles. The molecule has 0 aromatic carbocycles. The predicted molar refractivity (Wildman–Crippen MR) is 72.4 cm³/mol. The Morgan fingerprint density at radius 3 is 2.85 bits per heavy atom. The predicted octanol–water partition coefficient (Wildman–Crippen LogP) is 0.692. The molecular weight excluding hydrogens is 256 g/mol. The van der Waals surface area contributed by atoms with Gasteiger partial charge in [0.2, 0.25) is 11.8 Å². The van der Waals surface area contributed by atoms with Gasteiger partial charge in [0.15, 0.2) is 0 Å². The van der Waals surface area contributed by atoms with Crippen molar-refractivity contribution in [2.45, 2.75) is 25.8 Å². The van der Waals surface area contributed by atoms with Gasteiger partial charge in [-0.15, -0.1) is 0 Å². The number of imide groups is 1. The number of nitrogens with zero attached hydrogens (tertiary/aromatic N) is 1. The fraction of sp³-hybridized carbons (Fsp3) is 0.400. The van der Waals surface area contributed by atoms with Gasteiger partial charge in [-0.3, -0.25) is 19.7 Å². The van der Waals surface area contributed by atoms with Gasteiger partial charge in [0.05, 0.1) is 0 Å². The van der Waals surface area contributed by atoms with Crippen molar-refractivity contribution in [2.24, 2.45) is 5.92 Å². The normalized spacial score (nSPS) is 29.6. The van der Waals surface area contributed by atoms with E-state index in [1.54, 1.807) is 4.90 Å². The Balaban J connectivity index is 1.87. The molecule has 5 nitrogen and oxygen atoms in total. The van der Waals surface area contributed by atoms with Gasteiger partial charge in [0.1, 0.15) is 6.04 Å². The third-order valence-corrected chi connectivity index (χ3v) is 3.91. The van der Waals surface area contributed by atoms with Crippen molar-refractivity contribution in [1.29, 1.82) is 0 Å². The molecule has 0 aromatic rings. The van der Waals surface area contributed by atoms with Crippen molar-refractivity contribution in [3.63, 3.8) is 0 Å². The Labute approximate surface area is 117 Å². The second-order valence-corrected chi connectivity index (χ2v) is 5.42. The number of hydrogen-bond acceptors (Lipinski definition) is 3. The van der Waals surface area contributed by atoms with Crippen molar-refractivity contribution in [2.75, 3.05) is 6.54 Å². The van der Waals surface area contributed by atoms with Crippen LogP contribution in [-0.4, -0.2) is 35.2 Å². The number of hydrogen-bond donors (Lipinski definition) is 1. The van der Waals surface area contributed by atoms with E-state index in [1.165, 1.54) is 0 Å². The molecule has 2 unspecified atom stereocenters. The number of likely N-dealkylation sites (tertiary alicyclic amines) is 1. The first kappa shape index (κ1) is 12.8. The quantitative estimate of drug-likeness (QED) is 0.714. The van der Waals surface area contributed by atoms with E-state index in [0.717, 1.165) is 5.57 Å². The van der Waals surface area contributed by atoms with Gasteiger partial charge in [-0.2, -0.15) is 0 Å². The molecule has 0 bridgehead atoms. The Hall–Kier alpha value is -2.17. The minimum absolute atomic E-state index is 0.121. The third-order valence-electron chi connectivity index (χ3n) is 3.91. The van der Waals surface area contributed by atoms with Crippen LogP contribution in [0.3, 0.4) is 0 Å². The summed E-state index contributed by atoms with van der Waals surface area (Å²) in [6.45, 7) is 2.50. The first-order chi connectivity index (χ1) is 9.56. The van der Waals surface area contributed by atoms with Gasteiger partial charge in [-0.05, 0) is 24.0 Å². The van der Waals surface area contributed by atoms with E-state index < -0.39 is 6.04 Å². The van der Waals surface area contributed by atoms with Crippen LogP contribution in [0.25, 0.3) is 0 Å². The summed E-state index contributed by atoms with van der Waals surface area (Å²) in [5.74, 6) is -0.476. The topological polar surface area (TPSA) is 66.5 Å². The molecule has 0 spiro atoms. The second-order valence-electron chi connectivity index (χ2n) is 5.42. The van der Waals surface area contributed by atoms with Gasteiger partial charge in [0.25, 0.3) is 5.91 Å². The van der Waals surface area contributed by atoms with Gasteiger partial charge in [0, 0.05) is 18.5 Å². The van der Waals surface area contributed by atoms with Crippen LogP contribution in [0.1, 0.15) is 19.8 Å². The summed E-state index contributed by atoms with van der Waals surface area (Å²) in [4.78, 5) is 37.1. The average molecular weight is 272 g/mol. The van der Waals surface area contributed by atoms with Crippen LogP contribution in [0.5, 0.6) is 0 Å². The summed E-state index contributed by atoms with van der Waals surface area (Å²) in [5.41, 5.74) is 1.63. The largest absolute Gasteiger partial charge is 0.322 e. The highest BCUT2D eigenvalue weighted by Crippen LogP contribution is 2.30. The fourth-order valence-electron chi connectivity index (χ4n) is 2.88. The minimum atomic E-state index is -0.534. The Bertz CT molecular complexity index is 586. The number of fused-ring (bicyclic) bond motifs is 1. The molecule has 3 aliphatic rings. The van der Waals surface area contributed by atoms with E-state index in [0.29, 0.717) is 18.5 Å². The maximum absolute atomic E-state index is 12.4. The Morgan fingerprint density at radius 1 is 1.30 bits per heavy atom. The molecule has 5 heteroatoms. The van der Waals surface area contributed by atoms with Crippen LogP contribution in [-0.2, 0) is 14.4 Å². The van der Waals surface area contributed by atoms with Gasteiger partial charge < -0.3 is 4.90 Å². The first-order valence-electron chi connectivity index (χ1n) is 6.80. The molecule has 0 radical (unpaired) electrons. The highest BCUT2D eigenvalue weighted by atomic mass is 16.2. The maximum atomic E-state index is 12.4. The number of allylic oxidation sites excluding steroid dienone is 4. The van der Waals surface area contributed by atoms with E-state index in [9.17, 15) is 14.4 Å². The molecule has 2 heterocycles. The zero-order valence-electron chi connectivity index (χ0n) is 11.3.